The highest BCUT2D eigenvalue weighted by Crippen LogP contribution is 2.16. The van der Waals surface area contributed by atoms with Gasteiger partial charge in [0.15, 0.2) is 0 Å². The summed E-state index contributed by atoms with van der Waals surface area (Å²) in [5, 5.41) is 6.78. The van der Waals surface area contributed by atoms with Crippen LogP contribution in [-0.2, 0) is 9.59 Å². The minimum absolute atomic E-state index is 0.0770. The van der Waals surface area contributed by atoms with Crippen molar-refractivity contribution in [2.24, 2.45) is 5.10 Å². The van der Waals surface area contributed by atoms with Gasteiger partial charge in [-0.05, 0) is 48.7 Å². The van der Waals surface area contributed by atoms with Crippen LogP contribution in [0.4, 0.5) is 11.4 Å². The first-order chi connectivity index (χ1) is 12.8. The second-order valence-corrected chi connectivity index (χ2v) is 6.65. The third-order valence-corrected chi connectivity index (χ3v) is 4.06. The molecular weight excluding hydrogens is 340 g/mol. The van der Waals surface area contributed by atoms with Crippen LogP contribution in [0.25, 0.3) is 0 Å². The van der Waals surface area contributed by atoms with E-state index in [1.54, 1.807) is 6.21 Å². The van der Waals surface area contributed by atoms with Gasteiger partial charge in [-0.25, -0.2) is 5.43 Å². The van der Waals surface area contributed by atoms with Crippen molar-refractivity contribution in [2.45, 2.75) is 26.7 Å². The van der Waals surface area contributed by atoms with Crippen LogP contribution >= 0.6 is 0 Å². The van der Waals surface area contributed by atoms with Crippen molar-refractivity contribution < 1.29 is 9.59 Å². The molecule has 2 N–H and O–H groups in total. The maximum atomic E-state index is 12.0. The molecule has 2 aromatic carbocycles. The normalized spacial score (nSPS) is 10.7. The quantitative estimate of drug-likeness (QED) is 0.584. The van der Waals surface area contributed by atoms with Gasteiger partial charge in [0.1, 0.15) is 0 Å². The first-order valence-corrected chi connectivity index (χ1v) is 8.81. The summed E-state index contributed by atoms with van der Waals surface area (Å²) in [5.41, 5.74) is 7.26. The molecule has 142 valence electrons. The van der Waals surface area contributed by atoms with Gasteiger partial charge in [-0.1, -0.05) is 24.3 Å². The molecule has 2 rings (SSSR count). The summed E-state index contributed by atoms with van der Waals surface area (Å²) >= 11 is 0. The number of aryl methyl sites for hydroxylation is 2. The first kappa shape index (κ1) is 20.2. The number of carbonyl (C=O) groups excluding carboxylic acids is 2. The van der Waals surface area contributed by atoms with Crippen LogP contribution in [0.2, 0.25) is 0 Å². The van der Waals surface area contributed by atoms with Crippen LogP contribution in [0.1, 0.15) is 29.5 Å². The molecule has 0 aliphatic heterocycles. The molecule has 6 nitrogen and oxygen atoms in total. The maximum absolute atomic E-state index is 12.0. The Balaban J connectivity index is 1.76. The number of nitrogens with one attached hydrogen (secondary N) is 2. The Morgan fingerprint density at radius 3 is 2.33 bits per heavy atom. The van der Waals surface area contributed by atoms with E-state index >= 15 is 0 Å². The van der Waals surface area contributed by atoms with Gasteiger partial charge >= 0.3 is 0 Å². The highest BCUT2D eigenvalue weighted by Gasteiger charge is 2.08. The van der Waals surface area contributed by atoms with Crippen molar-refractivity contribution >= 4 is 29.4 Å². The van der Waals surface area contributed by atoms with Gasteiger partial charge in [0, 0.05) is 38.3 Å². The Morgan fingerprint density at radius 2 is 1.67 bits per heavy atom. The molecule has 0 atom stereocenters. The minimum Gasteiger partial charge on any atom is -0.378 e. The molecule has 0 saturated carbocycles. The fraction of sp³-hybridized carbons (Fsp3) is 0.286. The summed E-state index contributed by atoms with van der Waals surface area (Å²) in [6.45, 7) is 3.90. The zero-order chi connectivity index (χ0) is 19.8. The molecule has 0 aliphatic carbocycles. The molecule has 2 aromatic rings. The Bertz CT molecular complexity index is 827. The molecule has 0 bridgehead atoms. The molecule has 0 spiro atoms. The lowest BCUT2D eigenvalue weighted by Crippen LogP contribution is -2.21. The van der Waals surface area contributed by atoms with Gasteiger partial charge < -0.3 is 10.2 Å². The average molecular weight is 366 g/mol. The van der Waals surface area contributed by atoms with E-state index in [0.29, 0.717) is 0 Å². The van der Waals surface area contributed by atoms with E-state index < -0.39 is 0 Å². The highest BCUT2D eigenvalue weighted by molar-refractivity contribution is 5.94. The fourth-order valence-electron chi connectivity index (χ4n) is 2.40. The summed E-state index contributed by atoms with van der Waals surface area (Å²) in [7, 11) is 3.94. The number of carbonyl (C=O) groups is 2. The van der Waals surface area contributed by atoms with Gasteiger partial charge in [0.2, 0.25) is 11.8 Å². The molecule has 0 saturated heterocycles. The molecule has 0 fully saturated rings. The fourth-order valence-corrected chi connectivity index (χ4v) is 2.40. The molecular formula is C21H26N4O2. The van der Waals surface area contributed by atoms with Crippen molar-refractivity contribution in [1.29, 1.82) is 0 Å². The number of amides is 2. The summed E-state index contributed by atoms with van der Waals surface area (Å²) in [5.74, 6) is -0.491. The summed E-state index contributed by atoms with van der Waals surface area (Å²) in [6.07, 6.45) is 1.76. The molecule has 2 amide bonds. The Hall–Kier alpha value is -3.15. The van der Waals surface area contributed by atoms with Crippen LogP contribution in [0.5, 0.6) is 0 Å². The van der Waals surface area contributed by atoms with Crippen molar-refractivity contribution in [1.82, 2.24) is 5.43 Å². The van der Waals surface area contributed by atoms with Gasteiger partial charge in [-0.3, -0.25) is 9.59 Å². The number of rotatable bonds is 7. The molecule has 0 heterocycles. The monoisotopic (exact) mass is 366 g/mol. The highest BCUT2D eigenvalue weighted by atomic mass is 16.2. The Morgan fingerprint density at radius 1 is 1.00 bits per heavy atom. The first-order valence-electron chi connectivity index (χ1n) is 8.81. The van der Waals surface area contributed by atoms with Gasteiger partial charge in [0.25, 0.3) is 0 Å². The summed E-state index contributed by atoms with van der Waals surface area (Å²) in [4.78, 5) is 25.9. The van der Waals surface area contributed by atoms with E-state index in [-0.39, 0.29) is 24.7 Å². The zero-order valence-electron chi connectivity index (χ0n) is 16.2. The van der Waals surface area contributed by atoms with E-state index in [1.165, 1.54) is 0 Å². The van der Waals surface area contributed by atoms with Crippen LogP contribution in [0.3, 0.4) is 0 Å². The van der Waals surface area contributed by atoms with E-state index in [9.17, 15) is 9.59 Å². The zero-order valence-corrected chi connectivity index (χ0v) is 16.2. The van der Waals surface area contributed by atoms with E-state index in [2.05, 4.69) is 15.8 Å². The molecule has 27 heavy (non-hydrogen) atoms. The second kappa shape index (κ2) is 9.52. The third kappa shape index (κ3) is 6.58. The summed E-state index contributed by atoms with van der Waals surface area (Å²) in [6, 6.07) is 13.6. The lowest BCUT2D eigenvalue weighted by atomic mass is 10.1. The SMILES string of the molecule is Cc1ccc(C)c(NC(=O)CCC(=O)N/N=C/c2ccc(N(C)C)cc2)c1. The number of hydrogen-bond donors (Lipinski definition) is 2. The smallest absolute Gasteiger partial charge is 0.240 e. The van der Waals surface area contributed by atoms with Gasteiger partial charge in [0.05, 0.1) is 6.21 Å². The molecule has 0 unspecified atom stereocenters. The molecule has 0 aliphatic rings. The van der Waals surface area contributed by atoms with Gasteiger partial charge in [-0.2, -0.15) is 5.10 Å². The lowest BCUT2D eigenvalue weighted by molar-refractivity contribution is -0.124. The van der Waals surface area contributed by atoms with E-state index in [0.717, 1.165) is 28.1 Å². The summed E-state index contributed by atoms with van der Waals surface area (Å²) < 4.78 is 0. The van der Waals surface area contributed by atoms with E-state index in [1.807, 2.05) is 75.3 Å². The number of hydrogen-bond acceptors (Lipinski definition) is 4. The van der Waals surface area contributed by atoms with Crippen molar-refractivity contribution in [3.8, 4) is 0 Å². The number of benzene rings is 2. The third-order valence-electron chi connectivity index (χ3n) is 4.06. The standard InChI is InChI=1S/C21H26N4O2/c1-15-5-6-16(2)19(13-15)23-20(26)11-12-21(27)24-22-14-17-7-9-18(10-8-17)25(3)4/h5-10,13-14H,11-12H2,1-4H3,(H,23,26)(H,24,27)/b22-14+. The van der Waals surface area contributed by atoms with E-state index in [4.69, 9.17) is 0 Å². The second-order valence-electron chi connectivity index (χ2n) is 6.65. The maximum Gasteiger partial charge on any atom is 0.240 e. The van der Waals surface area contributed by atoms with Crippen LogP contribution in [-0.4, -0.2) is 32.1 Å². The predicted octanol–water partition coefficient (Wildman–Crippen LogP) is 3.24. The molecule has 0 aromatic heterocycles. The van der Waals surface area contributed by atoms with Crippen molar-refractivity contribution in [2.75, 3.05) is 24.3 Å². The van der Waals surface area contributed by atoms with Crippen LogP contribution in [0.15, 0.2) is 47.6 Å². The molecule has 0 radical (unpaired) electrons. The van der Waals surface area contributed by atoms with Crippen LogP contribution < -0.4 is 15.6 Å². The van der Waals surface area contributed by atoms with Crippen LogP contribution in [0, 0.1) is 13.8 Å². The topological polar surface area (TPSA) is 73.8 Å². The Kier molecular flexibility index (Phi) is 7.11. The number of nitrogens with zero attached hydrogens (tertiary/aromatic N) is 2. The minimum atomic E-state index is -0.299. The average Bonchev–Trinajstić information content (AvgIpc) is 2.63. The lowest BCUT2D eigenvalue weighted by Gasteiger charge is -2.11. The predicted molar refractivity (Wildman–Crippen MR) is 110 cm³/mol. The number of hydrazone groups is 1. The Labute approximate surface area is 160 Å². The molecule has 6 heteroatoms. The van der Waals surface area contributed by atoms with Crippen molar-refractivity contribution in [3.05, 3.63) is 59.2 Å². The number of anilines is 2. The van der Waals surface area contributed by atoms with Gasteiger partial charge in [-0.15, -0.1) is 0 Å². The van der Waals surface area contributed by atoms with Crippen molar-refractivity contribution in [3.63, 3.8) is 0 Å². The largest absolute Gasteiger partial charge is 0.378 e.